The zero-order valence-electron chi connectivity index (χ0n) is 26.3. The Morgan fingerprint density at radius 3 is 2.50 bits per heavy atom. The minimum Gasteiger partial charge on any atom is -0.446 e. The third-order valence-electron chi connectivity index (χ3n) is 10.2. The lowest BCUT2D eigenvalue weighted by molar-refractivity contribution is -0.141. The van der Waals surface area contributed by atoms with Gasteiger partial charge in [-0.2, -0.15) is 0 Å². The normalized spacial score (nSPS) is 30.2. The Morgan fingerprint density at radius 1 is 0.957 bits per heavy atom. The van der Waals surface area contributed by atoms with Gasteiger partial charge in [0.25, 0.3) is 0 Å². The molecule has 5 aliphatic rings. The van der Waals surface area contributed by atoms with E-state index >= 15 is 0 Å². The number of primary amides is 1. The Morgan fingerprint density at radius 2 is 1.72 bits per heavy atom. The van der Waals surface area contributed by atoms with E-state index in [1.807, 2.05) is 30.4 Å². The van der Waals surface area contributed by atoms with E-state index in [1.165, 1.54) is 10.5 Å². The van der Waals surface area contributed by atoms with Crippen LogP contribution in [-0.2, 0) is 36.8 Å². The number of alkyl carbamates (subject to hydrolysis) is 1. The summed E-state index contributed by atoms with van der Waals surface area (Å²) < 4.78 is 11.5. The highest BCUT2D eigenvalue weighted by Gasteiger charge is 2.60. The molecule has 0 spiro atoms. The van der Waals surface area contributed by atoms with Crippen molar-refractivity contribution >= 4 is 29.9 Å². The lowest BCUT2D eigenvalue weighted by Crippen LogP contribution is -2.57. The number of benzene rings is 1. The molecule has 2 saturated carbocycles. The standard InChI is InChI=1S/C34H45N5O7/c35-31(42)34-19-24(34)12-4-2-1-3-5-15-27(36-32(43)45-25-13-8-9-14-25)30(41)39-21-26(18-28(39)29(40)37-34)46-33(44)38-17-16-22-10-6-7-11-23(22)20-38/h4,6-7,10-12,24-28H,1-3,5,8-9,13-21H2,(H2,35,42)(H,36,43)(H,37,40)/t24-,26-,27+,28+,34-/m1/s1. The van der Waals surface area contributed by atoms with Crippen molar-refractivity contribution in [1.82, 2.24) is 20.4 Å². The molecule has 1 aromatic rings. The van der Waals surface area contributed by atoms with Gasteiger partial charge < -0.3 is 35.6 Å². The van der Waals surface area contributed by atoms with Crippen LogP contribution in [0.5, 0.6) is 0 Å². The third kappa shape index (κ3) is 7.00. The van der Waals surface area contributed by atoms with Gasteiger partial charge in [-0.3, -0.25) is 14.4 Å². The molecule has 12 heteroatoms. The van der Waals surface area contributed by atoms with Crippen molar-refractivity contribution in [1.29, 1.82) is 0 Å². The van der Waals surface area contributed by atoms with Crippen LogP contribution in [0, 0.1) is 5.92 Å². The molecule has 5 amide bonds. The monoisotopic (exact) mass is 635 g/mol. The van der Waals surface area contributed by atoms with Crippen molar-refractivity contribution in [3.8, 4) is 0 Å². The molecule has 3 heterocycles. The summed E-state index contributed by atoms with van der Waals surface area (Å²) in [6.45, 7) is 0.898. The number of nitrogens with zero attached hydrogens (tertiary/aromatic N) is 2. The summed E-state index contributed by atoms with van der Waals surface area (Å²) >= 11 is 0. The molecule has 4 N–H and O–H groups in total. The predicted octanol–water partition coefficient (Wildman–Crippen LogP) is 3.07. The van der Waals surface area contributed by atoms with Gasteiger partial charge in [-0.1, -0.05) is 49.3 Å². The second-order valence-corrected chi connectivity index (χ2v) is 13.4. The van der Waals surface area contributed by atoms with Crippen molar-refractivity contribution in [2.24, 2.45) is 11.7 Å². The van der Waals surface area contributed by atoms with Gasteiger partial charge >= 0.3 is 12.2 Å². The molecule has 1 aromatic carbocycles. The van der Waals surface area contributed by atoms with Crippen molar-refractivity contribution in [2.45, 2.75) is 113 Å². The number of allylic oxidation sites excluding steroid dienone is 1. The maximum Gasteiger partial charge on any atom is 0.410 e. The predicted molar refractivity (Wildman–Crippen MR) is 167 cm³/mol. The average Bonchev–Trinajstić information content (AvgIpc) is 3.32. The van der Waals surface area contributed by atoms with Crippen LogP contribution in [0.15, 0.2) is 36.4 Å². The number of ether oxygens (including phenoxy) is 2. The molecule has 0 bridgehead atoms. The van der Waals surface area contributed by atoms with Crippen molar-refractivity contribution in [3.05, 3.63) is 47.5 Å². The fourth-order valence-corrected chi connectivity index (χ4v) is 7.39. The molecule has 2 aliphatic carbocycles. The highest BCUT2D eigenvalue weighted by Crippen LogP contribution is 2.45. The third-order valence-corrected chi connectivity index (χ3v) is 10.2. The van der Waals surface area contributed by atoms with Gasteiger partial charge in [-0.15, -0.1) is 0 Å². The van der Waals surface area contributed by atoms with Gasteiger partial charge in [0.15, 0.2) is 0 Å². The van der Waals surface area contributed by atoms with E-state index in [2.05, 4.69) is 16.7 Å². The SMILES string of the molecule is NC(=O)[C@@]12C[C@H]1C=CCCCCC[C@H](NC(=O)OC1CCCC1)C(=O)N1C[C@H](OC(=O)N3CCc4ccccc4C3)C[C@H]1C(=O)N2. The zero-order valence-corrected chi connectivity index (χ0v) is 26.3. The topological polar surface area (TPSA) is 160 Å². The fraction of sp³-hybridized carbons (Fsp3) is 0.618. The second kappa shape index (κ2) is 13.7. The van der Waals surface area contributed by atoms with Gasteiger partial charge in [0.2, 0.25) is 17.7 Å². The number of fused-ring (bicyclic) bond motifs is 3. The first-order valence-electron chi connectivity index (χ1n) is 16.8. The van der Waals surface area contributed by atoms with Crippen LogP contribution in [-0.4, -0.2) is 82.6 Å². The van der Waals surface area contributed by atoms with E-state index in [0.717, 1.165) is 50.5 Å². The van der Waals surface area contributed by atoms with Crippen molar-refractivity contribution in [2.75, 3.05) is 13.1 Å². The first-order chi connectivity index (χ1) is 22.2. The van der Waals surface area contributed by atoms with Crippen LogP contribution in [0.3, 0.4) is 0 Å². The number of nitrogens with two attached hydrogens (primary N) is 1. The number of amides is 5. The Kier molecular flexibility index (Phi) is 9.51. The number of carbonyl (C=O) groups is 5. The Hall–Kier alpha value is -4.09. The fourth-order valence-electron chi connectivity index (χ4n) is 7.39. The van der Waals surface area contributed by atoms with Gasteiger partial charge in [0.1, 0.15) is 29.8 Å². The number of hydrogen-bond donors (Lipinski definition) is 3. The van der Waals surface area contributed by atoms with E-state index in [9.17, 15) is 24.0 Å². The average molecular weight is 636 g/mol. The van der Waals surface area contributed by atoms with Crippen molar-refractivity contribution in [3.63, 3.8) is 0 Å². The van der Waals surface area contributed by atoms with Gasteiger partial charge in [-0.25, -0.2) is 9.59 Å². The van der Waals surface area contributed by atoms with Crippen LogP contribution < -0.4 is 16.4 Å². The van der Waals surface area contributed by atoms with E-state index in [4.69, 9.17) is 15.2 Å². The maximum absolute atomic E-state index is 14.2. The smallest absolute Gasteiger partial charge is 0.410 e. The van der Waals surface area contributed by atoms with Crippen LogP contribution in [0.4, 0.5) is 9.59 Å². The molecule has 3 aliphatic heterocycles. The number of hydrogen-bond acceptors (Lipinski definition) is 7. The molecule has 3 fully saturated rings. The summed E-state index contributed by atoms with van der Waals surface area (Å²) in [5.74, 6) is -1.82. The minimum atomic E-state index is -1.22. The first kappa shape index (κ1) is 31.9. The van der Waals surface area contributed by atoms with E-state index < -0.39 is 53.6 Å². The van der Waals surface area contributed by atoms with Crippen LogP contribution in [0.1, 0.15) is 81.8 Å². The molecular weight excluding hydrogens is 590 g/mol. The largest absolute Gasteiger partial charge is 0.446 e. The molecule has 12 nitrogen and oxygen atoms in total. The molecule has 46 heavy (non-hydrogen) atoms. The highest BCUT2D eigenvalue weighted by molar-refractivity contribution is 5.97. The summed E-state index contributed by atoms with van der Waals surface area (Å²) in [4.78, 5) is 69.8. The molecular formula is C34H45N5O7. The Balaban J connectivity index is 1.20. The summed E-state index contributed by atoms with van der Waals surface area (Å²) in [7, 11) is 0. The van der Waals surface area contributed by atoms with Crippen LogP contribution in [0.2, 0.25) is 0 Å². The highest BCUT2D eigenvalue weighted by atomic mass is 16.6. The molecule has 1 saturated heterocycles. The molecule has 6 rings (SSSR count). The molecule has 0 unspecified atom stereocenters. The molecule has 0 radical (unpaired) electrons. The quantitative estimate of drug-likeness (QED) is 0.429. The second-order valence-electron chi connectivity index (χ2n) is 13.4. The Labute approximate surface area is 269 Å². The van der Waals surface area contributed by atoms with E-state index in [-0.39, 0.29) is 25.0 Å². The molecule has 5 atom stereocenters. The number of rotatable bonds is 4. The lowest BCUT2D eigenvalue weighted by atomic mass is 10.0. The summed E-state index contributed by atoms with van der Waals surface area (Å²) in [6, 6.07) is 6.02. The zero-order chi connectivity index (χ0) is 32.3. The van der Waals surface area contributed by atoms with Crippen molar-refractivity contribution < 1.29 is 33.4 Å². The summed E-state index contributed by atoms with van der Waals surface area (Å²) in [5, 5.41) is 5.65. The summed E-state index contributed by atoms with van der Waals surface area (Å²) in [6.07, 6.45) is 10.2. The first-order valence-corrected chi connectivity index (χ1v) is 16.8. The van der Waals surface area contributed by atoms with E-state index in [1.54, 1.807) is 4.90 Å². The van der Waals surface area contributed by atoms with E-state index in [0.29, 0.717) is 38.8 Å². The summed E-state index contributed by atoms with van der Waals surface area (Å²) in [5.41, 5.74) is 6.81. The lowest BCUT2D eigenvalue weighted by Gasteiger charge is -2.30. The van der Waals surface area contributed by atoms with Crippen LogP contribution >= 0.6 is 0 Å². The van der Waals surface area contributed by atoms with Crippen LogP contribution in [0.25, 0.3) is 0 Å². The van der Waals surface area contributed by atoms with Gasteiger partial charge in [0.05, 0.1) is 6.54 Å². The minimum absolute atomic E-state index is 0.0180. The molecule has 248 valence electrons. The number of nitrogens with one attached hydrogen (secondary N) is 2. The molecule has 0 aromatic heterocycles. The number of carbonyl (C=O) groups excluding carboxylic acids is 5. The maximum atomic E-state index is 14.2. The van der Waals surface area contributed by atoms with Gasteiger partial charge in [0, 0.05) is 25.4 Å². The van der Waals surface area contributed by atoms with Gasteiger partial charge in [-0.05, 0) is 68.9 Å². The Bertz CT molecular complexity index is 1380.